The summed E-state index contributed by atoms with van der Waals surface area (Å²) >= 11 is 0. The van der Waals surface area contributed by atoms with Gasteiger partial charge in [-0.05, 0) is 37.3 Å². The van der Waals surface area contributed by atoms with Crippen molar-refractivity contribution in [1.82, 2.24) is 9.97 Å². The van der Waals surface area contributed by atoms with E-state index in [2.05, 4.69) is 9.97 Å². The molecular weight excluding hydrogens is 376 g/mol. The Bertz CT molecular complexity index is 1020. The van der Waals surface area contributed by atoms with Gasteiger partial charge in [0.05, 0.1) is 7.11 Å². The van der Waals surface area contributed by atoms with Gasteiger partial charge in [0.15, 0.2) is 11.5 Å². The van der Waals surface area contributed by atoms with Crippen LogP contribution in [0.1, 0.15) is 6.92 Å². The highest BCUT2D eigenvalue weighted by Crippen LogP contribution is 2.34. The normalized spacial score (nSPS) is 11.2. The first-order valence-electron chi connectivity index (χ1n) is 8.54. The van der Waals surface area contributed by atoms with E-state index >= 15 is 0 Å². The Hall–Kier alpha value is -4.07. The summed E-state index contributed by atoms with van der Waals surface area (Å²) in [5, 5.41) is 9.36. The van der Waals surface area contributed by atoms with Gasteiger partial charge in [0, 0.05) is 18.5 Å². The maximum Gasteiger partial charge on any atom is 0.375 e. The second-order valence-corrected chi connectivity index (χ2v) is 5.65. The van der Waals surface area contributed by atoms with E-state index in [0.29, 0.717) is 17.2 Å². The van der Waals surface area contributed by atoms with E-state index in [1.54, 1.807) is 67.0 Å². The van der Waals surface area contributed by atoms with E-state index in [9.17, 15) is 9.90 Å². The van der Waals surface area contributed by atoms with Gasteiger partial charge in [-0.3, -0.25) is 0 Å². The fourth-order valence-electron chi connectivity index (χ4n) is 2.26. The van der Waals surface area contributed by atoms with Crippen LogP contribution >= 0.6 is 0 Å². The Kier molecular flexibility index (Phi) is 6.26. The average Bonchev–Trinajstić information content (AvgIpc) is 2.73. The maximum atomic E-state index is 11.5. The predicted octanol–water partition coefficient (Wildman–Crippen LogP) is 4.40. The van der Waals surface area contributed by atoms with Crippen molar-refractivity contribution in [2.24, 2.45) is 0 Å². The topological polar surface area (TPSA) is 100 Å². The van der Waals surface area contributed by atoms with Gasteiger partial charge in [-0.2, -0.15) is 0 Å². The molecule has 0 bridgehead atoms. The summed E-state index contributed by atoms with van der Waals surface area (Å²) in [6.07, 6.45) is 3.15. The molecule has 1 heterocycles. The first kappa shape index (κ1) is 19.7. The van der Waals surface area contributed by atoms with Gasteiger partial charge in [0.2, 0.25) is 5.76 Å². The van der Waals surface area contributed by atoms with Crippen LogP contribution in [0, 0.1) is 0 Å². The molecular formula is C21H18N2O6. The molecule has 0 fully saturated rings. The molecule has 0 amide bonds. The molecule has 148 valence electrons. The fraction of sp³-hybridized carbons (Fsp3) is 0.0952. The van der Waals surface area contributed by atoms with E-state index in [0.717, 1.165) is 0 Å². The summed E-state index contributed by atoms with van der Waals surface area (Å²) in [4.78, 5) is 19.5. The van der Waals surface area contributed by atoms with Crippen LogP contribution in [0.2, 0.25) is 0 Å². The van der Waals surface area contributed by atoms with Crippen LogP contribution in [0.5, 0.6) is 29.0 Å². The zero-order valence-electron chi connectivity index (χ0n) is 15.7. The van der Waals surface area contributed by atoms with Gasteiger partial charge in [0.25, 0.3) is 0 Å². The summed E-state index contributed by atoms with van der Waals surface area (Å²) < 4.78 is 22.0. The Morgan fingerprint density at radius 3 is 2.21 bits per heavy atom. The number of carboxylic acids is 1. The standard InChI is InChI=1S/C21H18N2O6/c1-14(26-2)19(20(24)25)29-18-10-4-3-9-17(18)27-15-7-5-8-16(13-15)28-21-22-11-6-12-23-21/h3-13H,1-2H3,(H,24,25). The van der Waals surface area contributed by atoms with Crippen molar-refractivity contribution in [2.75, 3.05) is 7.11 Å². The number of ether oxygens (including phenoxy) is 4. The predicted molar refractivity (Wildman–Crippen MR) is 103 cm³/mol. The molecule has 8 nitrogen and oxygen atoms in total. The number of para-hydroxylation sites is 2. The minimum absolute atomic E-state index is 0.130. The van der Waals surface area contributed by atoms with E-state index < -0.39 is 5.97 Å². The van der Waals surface area contributed by atoms with Crippen LogP contribution in [0.3, 0.4) is 0 Å². The Morgan fingerprint density at radius 1 is 0.897 bits per heavy atom. The third-order valence-corrected chi connectivity index (χ3v) is 3.67. The van der Waals surface area contributed by atoms with Crippen molar-refractivity contribution in [3.05, 3.63) is 78.5 Å². The number of rotatable bonds is 8. The second-order valence-electron chi connectivity index (χ2n) is 5.65. The number of hydrogen-bond acceptors (Lipinski definition) is 7. The van der Waals surface area contributed by atoms with Crippen molar-refractivity contribution in [3.8, 4) is 29.0 Å². The van der Waals surface area contributed by atoms with Gasteiger partial charge in [-0.1, -0.05) is 18.2 Å². The van der Waals surface area contributed by atoms with Crippen LogP contribution in [0.4, 0.5) is 0 Å². The van der Waals surface area contributed by atoms with Crippen molar-refractivity contribution < 1.29 is 28.8 Å². The molecule has 3 aromatic rings. The quantitative estimate of drug-likeness (QED) is 0.443. The Balaban J connectivity index is 1.83. The van der Waals surface area contributed by atoms with Crippen molar-refractivity contribution in [2.45, 2.75) is 6.92 Å². The van der Waals surface area contributed by atoms with Crippen LogP contribution < -0.4 is 14.2 Å². The summed E-state index contributed by atoms with van der Waals surface area (Å²) in [5.41, 5.74) is 0. The number of nitrogens with zero attached hydrogens (tertiary/aromatic N) is 2. The lowest BCUT2D eigenvalue weighted by Gasteiger charge is -2.14. The molecule has 1 aromatic heterocycles. The molecule has 0 aliphatic rings. The molecule has 0 radical (unpaired) electrons. The highest BCUT2D eigenvalue weighted by Gasteiger charge is 2.18. The molecule has 0 saturated heterocycles. The molecule has 2 aromatic carbocycles. The SMILES string of the molecule is COC(C)=C(Oc1ccccc1Oc1cccc(Oc2ncccn2)c1)C(=O)O. The molecule has 0 unspecified atom stereocenters. The van der Waals surface area contributed by atoms with Crippen LogP contribution in [0.25, 0.3) is 0 Å². The van der Waals surface area contributed by atoms with Crippen molar-refractivity contribution in [3.63, 3.8) is 0 Å². The summed E-state index contributed by atoms with van der Waals surface area (Å²) in [5.74, 6) is 0.0272. The number of carbonyl (C=O) groups is 1. The van der Waals surface area contributed by atoms with Crippen LogP contribution in [0.15, 0.2) is 78.5 Å². The monoisotopic (exact) mass is 394 g/mol. The van der Waals surface area contributed by atoms with Gasteiger partial charge in [-0.25, -0.2) is 14.8 Å². The number of carboxylic acid groups (broad SMARTS) is 1. The molecule has 1 N–H and O–H groups in total. The van der Waals surface area contributed by atoms with Crippen LogP contribution in [-0.4, -0.2) is 28.2 Å². The van der Waals surface area contributed by atoms with Crippen LogP contribution in [-0.2, 0) is 9.53 Å². The number of aromatic nitrogens is 2. The lowest BCUT2D eigenvalue weighted by molar-refractivity contribution is -0.135. The molecule has 8 heteroatoms. The lowest BCUT2D eigenvalue weighted by Crippen LogP contribution is -2.11. The highest BCUT2D eigenvalue weighted by atomic mass is 16.6. The zero-order valence-corrected chi connectivity index (χ0v) is 15.7. The molecule has 0 saturated carbocycles. The van der Waals surface area contributed by atoms with E-state index in [1.807, 2.05) is 0 Å². The third kappa shape index (κ3) is 5.23. The molecule has 0 atom stereocenters. The minimum Gasteiger partial charge on any atom is -0.497 e. The van der Waals surface area contributed by atoms with Gasteiger partial charge < -0.3 is 24.1 Å². The minimum atomic E-state index is -1.25. The Labute approximate surface area is 167 Å². The fourth-order valence-corrected chi connectivity index (χ4v) is 2.26. The molecule has 29 heavy (non-hydrogen) atoms. The number of methoxy groups -OCH3 is 1. The molecule has 0 aliphatic heterocycles. The number of allylic oxidation sites excluding steroid dienone is 1. The van der Waals surface area contributed by atoms with Crippen molar-refractivity contribution >= 4 is 5.97 Å². The summed E-state index contributed by atoms with van der Waals surface area (Å²) in [6.45, 7) is 1.50. The first-order chi connectivity index (χ1) is 14.1. The summed E-state index contributed by atoms with van der Waals surface area (Å²) in [6, 6.07) is 15.5. The largest absolute Gasteiger partial charge is 0.497 e. The third-order valence-electron chi connectivity index (χ3n) is 3.67. The average molecular weight is 394 g/mol. The van der Waals surface area contributed by atoms with E-state index in [1.165, 1.54) is 14.0 Å². The smallest absolute Gasteiger partial charge is 0.375 e. The molecule has 0 spiro atoms. The summed E-state index contributed by atoms with van der Waals surface area (Å²) in [7, 11) is 1.37. The molecule has 0 aliphatic carbocycles. The van der Waals surface area contributed by atoms with Crippen molar-refractivity contribution in [1.29, 1.82) is 0 Å². The Morgan fingerprint density at radius 2 is 1.55 bits per heavy atom. The maximum absolute atomic E-state index is 11.5. The second kappa shape index (κ2) is 9.23. The number of aliphatic carboxylic acids is 1. The number of benzene rings is 2. The van der Waals surface area contributed by atoms with E-state index in [4.69, 9.17) is 18.9 Å². The first-order valence-corrected chi connectivity index (χ1v) is 8.54. The highest BCUT2D eigenvalue weighted by molar-refractivity contribution is 5.85. The van der Waals surface area contributed by atoms with Gasteiger partial charge in [-0.15, -0.1) is 0 Å². The van der Waals surface area contributed by atoms with Gasteiger partial charge in [0.1, 0.15) is 17.3 Å². The zero-order chi connectivity index (χ0) is 20.6. The number of hydrogen-bond donors (Lipinski definition) is 1. The molecule has 3 rings (SSSR count). The van der Waals surface area contributed by atoms with E-state index in [-0.39, 0.29) is 23.3 Å². The lowest BCUT2D eigenvalue weighted by atomic mass is 10.3. The van der Waals surface area contributed by atoms with Gasteiger partial charge >= 0.3 is 12.0 Å².